The lowest BCUT2D eigenvalue weighted by molar-refractivity contribution is -0.145. The molecule has 0 aliphatic carbocycles. The molecule has 0 radical (unpaired) electrons. The first-order valence-corrected chi connectivity index (χ1v) is 10.1. The number of nitrogens with one attached hydrogen (secondary N) is 2. The molecule has 3 rings (SSSR count). The van der Waals surface area contributed by atoms with Gasteiger partial charge in [0.15, 0.2) is 0 Å². The summed E-state index contributed by atoms with van der Waals surface area (Å²) in [7, 11) is 0. The van der Waals surface area contributed by atoms with Gasteiger partial charge in [-0.15, -0.1) is 0 Å². The quantitative estimate of drug-likeness (QED) is 0.394. The van der Waals surface area contributed by atoms with Crippen molar-refractivity contribution in [2.45, 2.75) is 47.0 Å². The zero-order chi connectivity index (χ0) is 21.8. The largest absolute Gasteiger partial charge is 0.466 e. The second-order valence-electron chi connectivity index (χ2n) is 7.68. The van der Waals surface area contributed by atoms with Gasteiger partial charge in [0.2, 0.25) is 5.91 Å². The Bertz CT molecular complexity index is 1060. The molecular formula is C24H28N2O4. The third kappa shape index (κ3) is 4.82. The zero-order valence-electron chi connectivity index (χ0n) is 18.1. The lowest BCUT2D eigenvalue weighted by Gasteiger charge is -2.15. The van der Waals surface area contributed by atoms with Crippen molar-refractivity contribution in [1.29, 1.82) is 0 Å². The third-order valence-electron chi connectivity index (χ3n) is 4.88. The number of esters is 1. The van der Waals surface area contributed by atoms with Crippen LogP contribution in [0.2, 0.25) is 0 Å². The van der Waals surface area contributed by atoms with Crippen molar-refractivity contribution in [3.05, 3.63) is 53.2 Å². The topological polar surface area (TPSA) is 80.4 Å². The van der Waals surface area contributed by atoms with Crippen LogP contribution >= 0.6 is 0 Å². The lowest BCUT2D eigenvalue weighted by atomic mass is 10.0. The molecular weight excluding hydrogens is 380 g/mol. The Morgan fingerprint density at radius 2 is 1.80 bits per heavy atom. The first kappa shape index (κ1) is 21.4. The highest BCUT2D eigenvalue weighted by atomic mass is 16.5. The van der Waals surface area contributed by atoms with Crippen LogP contribution in [0, 0.1) is 13.8 Å². The van der Waals surface area contributed by atoms with E-state index in [-0.39, 0.29) is 13.0 Å². The summed E-state index contributed by atoms with van der Waals surface area (Å²) in [6.07, 6.45) is 1.74. The molecule has 2 aromatic carbocycles. The van der Waals surface area contributed by atoms with Gasteiger partial charge < -0.3 is 19.8 Å². The number of amides is 1. The number of ether oxygens (including phenoxy) is 2. The SMILES string of the molecule is CCOC(=O)CC(=O)Nc1cc(C)c(Oc2ccc3[nH]cc(C(C)C)c3c2)c(C)c1. The van der Waals surface area contributed by atoms with Crippen molar-refractivity contribution in [2.75, 3.05) is 11.9 Å². The van der Waals surface area contributed by atoms with Gasteiger partial charge in [0.1, 0.15) is 17.9 Å². The highest BCUT2D eigenvalue weighted by molar-refractivity contribution is 6.02. The van der Waals surface area contributed by atoms with Crippen molar-refractivity contribution in [2.24, 2.45) is 0 Å². The average Bonchev–Trinajstić information content (AvgIpc) is 3.08. The van der Waals surface area contributed by atoms with Gasteiger partial charge in [-0.05, 0) is 73.7 Å². The normalized spacial score (nSPS) is 11.0. The van der Waals surface area contributed by atoms with E-state index in [4.69, 9.17) is 9.47 Å². The molecule has 0 saturated carbocycles. The Morgan fingerprint density at radius 1 is 1.10 bits per heavy atom. The predicted molar refractivity (Wildman–Crippen MR) is 118 cm³/mol. The smallest absolute Gasteiger partial charge is 0.315 e. The molecule has 1 heterocycles. The molecule has 6 heteroatoms. The van der Waals surface area contributed by atoms with Crippen LogP contribution in [0.4, 0.5) is 5.69 Å². The van der Waals surface area contributed by atoms with Crippen LogP contribution in [-0.4, -0.2) is 23.5 Å². The number of rotatable bonds is 7. The van der Waals surface area contributed by atoms with Crippen LogP contribution in [0.3, 0.4) is 0 Å². The predicted octanol–water partition coefficient (Wildman–Crippen LogP) is 5.59. The summed E-state index contributed by atoms with van der Waals surface area (Å²) in [5, 5.41) is 3.90. The second kappa shape index (κ2) is 9.03. The number of carbonyl (C=O) groups is 2. The number of fused-ring (bicyclic) bond motifs is 1. The summed E-state index contributed by atoms with van der Waals surface area (Å²) in [5.41, 5.74) is 4.73. The minimum Gasteiger partial charge on any atom is -0.466 e. The number of aromatic nitrogens is 1. The molecule has 0 bridgehead atoms. The van der Waals surface area contributed by atoms with Crippen LogP contribution in [0.1, 0.15) is 49.8 Å². The molecule has 30 heavy (non-hydrogen) atoms. The van der Waals surface area contributed by atoms with E-state index in [1.165, 1.54) is 5.56 Å². The van der Waals surface area contributed by atoms with E-state index in [0.717, 1.165) is 33.5 Å². The molecule has 6 nitrogen and oxygen atoms in total. The van der Waals surface area contributed by atoms with Crippen molar-refractivity contribution in [3.8, 4) is 11.5 Å². The van der Waals surface area contributed by atoms with Crippen LogP contribution in [0.25, 0.3) is 10.9 Å². The van der Waals surface area contributed by atoms with Gasteiger partial charge in [-0.1, -0.05) is 13.8 Å². The molecule has 0 atom stereocenters. The number of aryl methyl sites for hydroxylation is 2. The maximum Gasteiger partial charge on any atom is 0.315 e. The Labute approximate surface area is 176 Å². The van der Waals surface area contributed by atoms with Gasteiger partial charge in [-0.25, -0.2) is 0 Å². The van der Waals surface area contributed by atoms with Gasteiger partial charge >= 0.3 is 5.97 Å². The number of carbonyl (C=O) groups excluding carboxylic acids is 2. The van der Waals surface area contributed by atoms with Crippen molar-refractivity contribution in [1.82, 2.24) is 4.98 Å². The summed E-state index contributed by atoms with van der Waals surface area (Å²) < 4.78 is 11.0. The van der Waals surface area contributed by atoms with E-state index in [2.05, 4.69) is 30.2 Å². The molecule has 0 fully saturated rings. The molecule has 1 amide bonds. The van der Waals surface area contributed by atoms with E-state index >= 15 is 0 Å². The molecule has 0 aliphatic rings. The van der Waals surface area contributed by atoms with Gasteiger partial charge in [0, 0.05) is 22.8 Å². The zero-order valence-corrected chi connectivity index (χ0v) is 18.1. The van der Waals surface area contributed by atoms with E-state index < -0.39 is 11.9 Å². The van der Waals surface area contributed by atoms with Crippen molar-refractivity contribution in [3.63, 3.8) is 0 Å². The van der Waals surface area contributed by atoms with Gasteiger partial charge in [-0.2, -0.15) is 0 Å². The summed E-state index contributed by atoms with van der Waals surface area (Å²) in [6, 6.07) is 9.68. The Balaban J connectivity index is 1.79. The summed E-state index contributed by atoms with van der Waals surface area (Å²) in [5.74, 6) is 0.980. The van der Waals surface area contributed by atoms with Gasteiger partial charge in [0.05, 0.1) is 6.61 Å². The summed E-state index contributed by atoms with van der Waals surface area (Å²) in [6.45, 7) is 10.1. The summed E-state index contributed by atoms with van der Waals surface area (Å²) >= 11 is 0. The van der Waals surface area contributed by atoms with E-state index in [1.807, 2.05) is 44.3 Å². The number of hydrogen-bond donors (Lipinski definition) is 2. The number of hydrogen-bond acceptors (Lipinski definition) is 4. The maximum absolute atomic E-state index is 12.0. The number of anilines is 1. The maximum atomic E-state index is 12.0. The number of H-pyrrole nitrogens is 1. The minimum atomic E-state index is -0.538. The molecule has 158 valence electrons. The van der Waals surface area contributed by atoms with Gasteiger partial charge in [-0.3, -0.25) is 9.59 Å². The van der Waals surface area contributed by atoms with Crippen LogP contribution in [0.15, 0.2) is 36.5 Å². The fourth-order valence-electron chi connectivity index (χ4n) is 3.51. The van der Waals surface area contributed by atoms with Gasteiger partial charge in [0.25, 0.3) is 0 Å². The first-order valence-electron chi connectivity index (χ1n) is 10.1. The van der Waals surface area contributed by atoms with Crippen molar-refractivity contribution >= 4 is 28.5 Å². The molecule has 3 aromatic rings. The van der Waals surface area contributed by atoms with Crippen molar-refractivity contribution < 1.29 is 19.1 Å². The number of benzene rings is 2. The third-order valence-corrected chi connectivity index (χ3v) is 4.88. The average molecular weight is 408 g/mol. The number of aromatic amines is 1. The summed E-state index contributed by atoms with van der Waals surface area (Å²) in [4.78, 5) is 26.8. The highest BCUT2D eigenvalue weighted by Gasteiger charge is 2.14. The Morgan fingerprint density at radius 3 is 2.43 bits per heavy atom. The molecule has 0 unspecified atom stereocenters. The molecule has 1 aromatic heterocycles. The minimum absolute atomic E-state index is 0.254. The van der Waals surface area contributed by atoms with Crippen LogP contribution < -0.4 is 10.1 Å². The fourth-order valence-corrected chi connectivity index (χ4v) is 3.51. The van der Waals surface area contributed by atoms with E-state index in [0.29, 0.717) is 11.6 Å². The van der Waals surface area contributed by atoms with E-state index in [1.54, 1.807) is 6.92 Å². The second-order valence-corrected chi connectivity index (χ2v) is 7.68. The van der Waals surface area contributed by atoms with E-state index in [9.17, 15) is 9.59 Å². The monoisotopic (exact) mass is 408 g/mol. The molecule has 0 aliphatic heterocycles. The fraction of sp³-hybridized carbons (Fsp3) is 0.333. The van der Waals surface area contributed by atoms with Crippen LogP contribution in [-0.2, 0) is 14.3 Å². The van der Waals surface area contributed by atoms with Crippen LogP contribution in [0.5, 0.6) is 11.5 Å². The molecule has 2 N–H and O–H groups in total. The first-order chi connectivity index (χ1) is 14.3. The molecule has 0 spiro atoms. The highest BCUT2D eigenvalue weighted by Crippen LogP contribution is 2.34. The Hall–Kier alpha value is -3.28. The standard InChI is InChI=1S/C24H28N2O4/c1-6-29-23(28)12-22(27)26-17-9-15(4)24(16(5)10-17)30-18-7-8-21-19(11-18)20(13-25-21)14(2)3/h7-11,13-14,25H,6,12H2,1-5H3,(H,26,27). The lowest BCUT2D eigenvalue weighted by Crippen LogP contribution is -2.18. The molecule has 0 saturated heterocycles. The Kier molecular flexibility index (Phi) is 6.45.